The highest BCUT2D eigenvalue weighted by Gasteiger charge is 2.38. The van der Waals surface area contributed by atoms with Gasteiger partial charge in [-0.2, -0.15) is 0 Å². The fraction of sp³-hybridized carbons (Fsp3) is 0.462. The maximum absolute atomic E-state index is 13.6. The van der Waals surface area contributed by atoms with Crippen molar-refractivity contribution in [2.75, 3.05) is 5.32 Å². The van der Waals surface area contributed by atoms with Crippen molar-refractivity contribution < 1.29 is 31.9 Å². The van der Waals surface area contributed by atoms with Crippen LogP contribution in [-0.4, -0.2) is 16.6 Å². The Morgan fingerprint density at radius 3 is 1.81 bits per heavy atom. The van der Waals surface area contributed by atoms with Crippen molar-refractivity contribution in [2.45, 2.75) is 37.6 Å². The molecule has 8 heteroatoms. The van der Waals surface area contributed by atoms with E-state index in [1.54, 1.807) is 0 Å². The van der Waals surface area contributed by atoms with Crippen molar-refractivity contribution in [3.8, 4) is 0 Å². The number of benzene rings is 1. The maximum Gasteiger partial charge on any atom is 0.305 e. The van der Waals surface area contributed by atoms with Gasteiger partial charge in [0.1, 0.15) is 5.69 Å². The molecule has 1 aliphatic carbocycles. The van der Waals surface area contributed by atoms with Crippen LogP contribution in [0.2, 0.25) is 0 Å². The van der Waals surface area contributed by atoms with E-state index >= 15 is 0 Å². The van der Waals surface area contributed by atoms with Crippen LogP contribution in [0.1, 0.15) is 32.1 Å². The summed E-state index contributed by atoms with van der Waals surface area (Å²) in [6.45, 7) is 0. The van der Waals surface area contributed by atoms with Gasteiger partial charge >= 0.3 is 5.97 Å². The topological polar surface area (TPSA) is 49.3 Å². The molecule has 1 aromatic carbocycles. The number of hydrogen-bond donors (Lipinski definition) is 2. The standard InChI is InChI=1S/C13H12F5NO2/c14-7-8(15)10(17)12(11(18)9(7)16)19-13(5-6(20)21)3-1-2-4-13/h19H,1-5H2,(H,20,21). The van der Waals surface area contributed by atoms with Crippen molar-refractivity contribution in [1.29, 1.82) is 0 Å². The van der Waals surface area contributed by atoms with E-state index in [-0.39, 0.29) is 12.8 Å². The number of anilines is 1. The van der Waals surface area contributed by atoms with Gasteiger partial charge in [-0.25, -0.2) is 22.0 Å². The van der Waals surface area contributed by atoms with E-state index in [1.807, 2.05) is 0 Å². The molecule has 1 aromatic rings. The molecule has 0 bridgehead atoms. The number of rotatable bonds is 4. The normalized spacial score (nSPS) is 17.0. The Balaban J connectivity index is 2.45. The number of carboxylic acid groups (broad SMARTS) is 1. The van der Waals surface area contributed by atoms with Gasteiger partial charge < -0.3 is 10.4 Å². The number of aliphatic carboxylic acids is 1. The summed E-state index contributed by atoms with van der Waals surface area (Å²) >= 11 is 0. The molecule has 1 aliphatic rings. The van der Waals surface area contributed by atoms with E-state index < -0.39 is 52.7 Å². The lowest BCUT2D eigenvalue weighted by Gasteiger charge is -2.30. The Hall–Kier alpha value is -1.86. The summed E-state index contributed by atoms with van der Waals surface area (Å²) < 4.78 is 66.5. The average molecular weight is 309 g/mol. The Kier molecular flexibility index (Phi) is 4.06. The van der Waals surface area contributed by atoms with E-state index in [0.717, 1.165) is 0 Å². The van der Waals surface area contributed by atoms with Gasteiger partial charge in [-0.05, 0) is 12.8 Å². The zero-order valence-corrected chi connectivity index (χ0v) is 10.8. The lowest BCUT2D eigenvalue weighted by molar-refractivity contribution is -0.138. The van der Waals surface area contributed by atoms with E-state index in [2.05, 4.69) is 5.32 Å². The molecule has 0 radical (unpaired) electrons. The molecule has 0 atom stereocenters. The second-order valence-electron chi connectivity index (χ2n) is 5.13. The third-order valence-corrected chi connectivity index (χ3v) is 3.65. The largest absolute Gasteiger partial charge is 0.481 e. The fourth-order valence-electron chi connectivity index (χ4n) is 2.67. The van der Waals surface area contributed by atoms with Crippen molar-refractivity contribution in [1.82, 2.24) is 0 Å². The van der Waals surface area contributed by atoms with Crippen LogP contribution in [0.25, 0.3) is 0 Å². The summed E-state index contributed by atoms with van der Waals surface area (Å²) in [5, 5.41) is 11.1. The van der Waals surface area contributed by atoms with E-state index in [0.29, 0.717) is 12.8 Å². The van der Waals surface area contributed by atoms with Gasteiger partial charge in [-0.15, -0.1) is 0 Å². The highest BCUT2D eigenvalue weighted by Crippen LogP contribution is 2.38. The van der Waals surface area contributed by atoms with Gasteiger partial charge in [0.2, 0.25) is 5.82 Å². The Bertz CT molecular complexity index is 555. The predicted molar refractivity (Wildman–Crippen MR) is 63.3 cm³/mol. The summed E-state index contributed by atoms with van der Waals surface area (Å²) in [6.07, 6.45) is 1.30. The van der Waals surface area contributed by atoms with Crippen molar-refractivity contribution in [2.24, 2.45) is 0 Å². The van der Waals surface area contributed by atoms with E-state index in [9.17, 15) is 26.7 Å². The van der Waals surface area contributed by atoms with Crippen molar-refractivity contribution >= 4 is 11.7 Å². The third kappa shape index (κ3) is 2.79. The molecular weight excluding hydrogens is 297 g/mol. The summed E-state index contributed by atoms with van der Waals surface area (Å²) in [4.78, 5) is 10.9. The Morgan fingerprint density at radius 1 is 0.952 bits per heavy atom. The molecule has 3 nitrogen and oxygen atoms in total. The highest BCUT2D eigenvalue weighted by atomic mass is 19.2. The third-order valence-electron chi connectivity index (χ3n) is 3.65. The van der Waals surface area contributed by atoms with Gasteiger partial charge in [0.15, 0.2) is 23.3 Å². The SMILES string of the molecule is O=C(O)CC1(Nc2c(F)c(F)c(F)c(F)c2F)CCCC1. The Labute approximate surface area is 116 Å². The van der Waals surface area contributed by atoms with Gasteiger partial charge in [0.05, 0.1) is 6.42 Å². The van der Waals surface area contributed by atoms with Crippen LogP contribution in [0, 0.1) is 29.1 Å². The zero-order chi connectivity index (χ0) is 15.8. The van der Waals surface area contributed by atoms with Crippen LogP contribution >= 0.6 is 0 Å². The maximum atomic E-state index is 13.6. The molecule has 0 saturated heterocycles. The van der Waals surface area contributed by atoms with Crippen LogP contribution in [0.4, 0.5) is 27.6 Å². The summed E-state index contributed by atoms with van der Waals surface area (Å²) in [5.74, 6) is -11.5. The quantitative estimate of drug-likeness (QED) is 0.508. The van der Waals surface area contributed by atoms with Crippen LogP contribution in [0.15, 0.2) is 0 Å². The van der Waals surface area contributed by atoms with E-state index in [4.69, 9.17) is 5.11 Å². The second kappa shape index (κ2) is 5.50. The molecule has 0 aromatic heterocycles. The van der Waals surface area contributed by atoms with Crippen LogP contribution in [0.5, 0.6) is 0 Å². The number of nitrogens with one attached hydrogen (secondary N) is 1. The Morgan fingerprint density at radius 2 is 1.38 bits per heavy atom. The summed E-state index contributed by atoms with van der Waals surface area (Å²) in [5.41, 5.74) is -2.38. The molecule has 1 fully saturated rings. The molecule has 0 spiro atoms. The molecule has 21 heavy (non-hydrogen) atoms. The van der Waals surface area contributed by atoms with Gasteiger partial charge in [0, 0.05) is 5.54 Å². The molecular formula is C13H12F5NO2. The molecule has 0 heterocycles. The number of halogens is 5. The number of hydrogen-bond acceptors (Lipinski definition) is 2. The monoisotopic (exact) mass is 309 g/mol. The lowest BCUT2D eigenvalue weighted by atomic mass is 9.92. The average Bonchev–Trinajstić information content (AvgIpc) is 2.87. The molecule has 0 amide bonds. The van der Waals surface area contributed by atoms with Crippen LogP contribution in [0.3, 0.4) is 0 Å². The number of carbonyl (C=O) groups is 1. The first kappa shape index (κ1) is 15.5. The molecule has 116 valence electrons. The molecule has 0 unspecified atom stereocenters. The van der Waals surface area contributed by atoms with Gasteiger partial charge in [-0.3, -0.25) is 4.79 Å². The van der Waals surface area contributed by atoms with Crippen molar-refractivity contribution in [3.63, 3.8) is 0 Å². The summed E-state index contributed by atoms with van der Waals surface area (Å²) in [7, 11) is 0. The minimum atomic E-state index is -2.24. The predicted octanol–water partition coefficient (Wildman–Crippen LogP) is 3.58. The minimum Gasteiger partial charge on any atom is -0.481 e. The van der Waals surface area contributed by atoms with Crippen LogP contribution in [-0.2, 0) is 4.79 Å². The van der Waals surface area contributed by atoms with Crippen LogP contribution < -0.4 is 5.32 Å². The first-order valence-corrected chi connectivity index (χ1v) is 6.29. The van der Waals surface area contributed by atoms with E-state index in [1.165, 1.54) is 0 Å². The first-order chi connectivity index (χ1) is 9.77. The number of carboxylic acids is 1. The summed E-state index contributed by atoms with van der Waals surface area (Å²) in [6, 6.07) is 0. The zero-order valence-electron chi connectivity index (χ0n) is 10.8. The highest BCUT2D eigenvalue weighted by molar-refractivity contribution is 5.70. The van der Waals surface area contributed by atoms with Gasteiger partial charge in [-0.1, -0.05) is 12.8 Å². The molecule has 2 rings (SSSR count). The second-order valence-corrected chi connectivity index (χ2v) is 5.13. The molecule has 2 N–H and O–H groups in total. The molecule has 0 aliphatic heterocycles. The first-order valence-electron chi connectivity index (χ1n) is 6.29. The molecule has 1 saturated carbocycles. The van der Waals surface area contributed by atoms with Crippen molar-refractivity contribution in [3.05, 3.63) is 29.1 Å². The fourth-order valence-corrected chi connectivity index (χ4v) is 2.67. The lowest BCUT2D eigenvalue weighted by Crippen LogP contribution is -2.38. The van der Waals surface area contributed by atoms with Gasteiger partial charge in [0.25, 0.3) is 0 Å². The minimum absolute atomic E-state index is 0.277. The smallest absolute Gasteiger partial charge is 0.305 e.